The quantitative estimate of drug-likeness (QED) is 0.687. The molecule has 1 unspecified atom stereocenters. The topological polar surface area (TPSA) is 15.3 Å². The Balaban J connectivity index is 2.49. The molecule has 1 saturated heterocycles. The van der Waals surface area contributed by atoms with Crippen LogP contribution in [0.1, 0.15) is 60.3 Å². The number of rotatable bonds is 7. The number of likely N-dealkylation sites (tertiary alicyclic amines) is 1. The molecule has 1 aliphatic rings. The maximum absolute atomic E-state index is 3.60. The fourth-order valence-corrected chi connectivity index (χ4v) is 2.78. The third-order valence-electron chi connectivity index (χ3n) is 4.48. The third-order valence-corrected chi connectivity index (χ3v) is 4.48. The van der Waals surface area contributed by atoms with Crippen molar-refractivity contribution in [3.05, 3.63) is 0 Å². The maximum atomic E-state index is 3.60. The monoisotopic (exact) mass is 240 g/mol. The van der Waals surface area contributed by atoms with Gasteiger partial charge in [0, 0.05) is 18.6 Å². The van der Waals surface area contributed by atoms with Gasteiger partial charge in [0.15, 0.2) is 0 Å². The number of hydrogen-bond acceptors (Lipinski definition) is 2. The Hall–Kier alpha value is -0.0800. The Bertz CT molecular complexity index is 225. The van der Waals surface area contributed by atoms with E-state index in [1.54, 1.807) is 0 Å². The molecule has 1 N–H and O–H groups in total. The van der Waals surface area contributed by atoms with E-state index in [2.05, 4.69) is 44.8 Å². The smallest absolute Gasteiger partial charge is 0.0153 e. The zero-order valence-electron chi connectivity index (χ0n) is 12.6. The standard InChI is InChI=1S/C15H32N2/c1-6-10-16-12-15(5,7-2)13-17-11-8-9-14(17,3)4/h16H,6-13H2,1-5H3. The van der Waals surface area contributed by atoms with Crippen LogP contribution >= 0.6 is 0 Å². The largest absolute Gasteiger partial charge is 0.316 e. The van der Waals surface area contributed by atoms with Crippen LogP contribution in [0.3, 0.4) is 0 Å². The third kappa shape index (κ3) is 4.26. The van der Waals surface area contributed by atoms with E-state index in [1.807, 2.05) is 0 Å². The van der Waals surface area contributed by atoms with Crippen molar-refractivity contribution < 1.29 is 0 Å². The van der Waals surface area contributed by atoms with Crippen LogP contribution in [0, 0.1) is 5.41 Å². The normalized spacial score (nSPS) is 23.8. The summed E-state index contributed by atoms with van der Waals surface area (Å²) in [6.07, 6.45) is 5.22. The van der Waals surface area contributed by atoms with Crippen LogP contribution < -0.4 is 5.32 Å². The van der Waals surface area contributed by atoms with Gasteiger partial charge in [-0.05, 0) is 58.0 Å². The summed E-state index contributed by atoms with van der Waals surface area (Å²) in [5.74, 6) is 0. The van der Waals surface area contributed by atoms with Gasteiger partial charge in [-0.1, -0.05) is 20.8 Å². The molecule has 0 saturated carbocycles. The molecule has 0 bridgehead atoms. The summed E-state index contributed by atoms with van der Waals surface area (Å²) >= 11 is 0. The predicted octanol–water partition coefficient (Wildman–Crippen LogP) is 3.28. The van der Waals surface area contributed by atoms with Gasteiger partial charge >= 0.3 is 0 Å². The minimum absolute atomic E-state index is 0.418. The van der Waals surface area contributed by atoms with Gasteiger partial charge in [0.2, 0.25) is 0 Å². The lowest BCUT2D eigenvalue weighted by Crippen LogP contribution is -2.47. The molecule has 0 aliphatic carbocycles. The highest BCUT2D eigenvalue weighted by Crippen LogP contribution is 2.32. The van der Waals surface area contributed by atoms with Crippen molar-refractivity contribution in [1.82, 2.24) is 10.2 Å². The molecule has 102 valence electrons. The van der Waals surface area contributed by atoms with E-state index in [1.165, 1.54) is 38.8 Å². The zero-order valence-corrected chi connectivity index (χ0v) is 12.6. The molecule has 0 spiro atoms. The van der Waals surface area contributed by atoms with Gasteiger partial charge < -0.3 is 5.32 Å². The Morgan fingerprint density at radius 1 is 1.29 bits per heavy atom. The van der Waals surface area contributed by atoms with E-state index in [0.717, 1.165) is 13.1 Å². The van der Waals surface area contributed by atoms with Crippen molar-refractivity contribution in [3.63, 3.8) is 0 Å². The van der Waals surface area contributed by atoms with Crippen LogP contribution in [0.5, 0.6) is 0 Å². The van der Waals surface area contributed by atoms with Gasteiger partial charge in [-0.2, -0.15) is 0 Å². The van der Waals surface area contributed by atoms with Gasteiger partial charge in [-0.25, -0.2) is 0 Å². The highest BCUT2D eigenvalue weighted by Gasteiger charge is 2.36. The number of hydrogen-bond donors (Lipinski definition) is 1. The molecule has 17 heavy (non-hydrogen) atoms. The summed E-state index contributed by atoms with van der Waals surface area (Å²) in [4.78, 5) is 2.70. The van der Waals surface area contributed by atoms with Crippen LogP contribution in [0.15, 0.2) is 0 Å². The molecule has 0 aromatic carbocycles. The number of nitrogens with one attached hydrogen (secondary N) is 1. The van der Waals surface area contributed by atoms with Crippen molar-refractivity contribution in [2.24, 2.45) is 5.41 Å². The Labute approximate surface area is 108 Å². The van der Waals surface area contributed by atoms with Gasteiger partial charge in [0.1, 0.15) is 0 Å². The van der Waals surface area contributed by atoms with Crippen LogP contribution in [0.25, 0.3) is 0 Å². The minimum Gasteiger partial charge on any atom is -0.316 e. The second-order valence-corrected chi connectivity index (χ2v) is 6.68. The Morgan fingerprint density at radius 3 is 2.47 bits per heavy atom. The first-order valence-electron chi connectivity index (χ1n) is 7.39. The van der Waals surface area contributed by atoms with Gasteiger partial charge in [-0.3, -0.25) is 4.90 Å². The molecule has 2 heteroatoms. The van der Waals surface area contributed by atoms with E-state index in [9.17, 15) is 0 Å². The SMILES string of the molecule is CCCNCC(C)(CC)CN1CCCC1(C)C. The van der Waals surface area contributed by atoms with E-state index in [4.69, 9.17) is 0 Å². The molecule has 1 rings (SSSR count). The van der Waals surface area contributed by atoms with Crippen molar-refractivity contribution in [2.75, 3.05) is 26.2 Å². The van der Waals surface area contributed by atoms with E-state index >= 15 is 0 Å². The predicted molar refractivity (Wildman–Crippen MR) is 76.4 cm³/mol. The average molecular weight is 240 g/mol. The molecule has 1 fully saturated rings. The molecule has 0 aromatic heterocycles. The van der Waals surface area contributed by atoms with Crippen LogP contribution in [-0.2, 0) is 0 Å². The molecule has 1 heterocycles. The first kappa shape index (κ1) is 15.0. The second-order valence-electron chi connectivity index (χ2n) is 6.68. The zero-order chi connectivity index (χ0) is 12.9. The first-order chi connectivity index (χ1) is 7.93. The highest BCUT2D eigenvalue weighted by atomic mass is 15.2. The fraction of sp³-hybridized carbons (Fsp3) is 1.00. The Morgan fingerprint density at radius 2 is 2.00 bits per heavy atom. The van der Waals surface area contributed by atoms with Crippen LogP contribution in [-0.4, -0.2) is 36.6 Å². The summed E-state index contributed by atoms with van der Waals surface area (Å²) in [7, 11) is 0. The van der Waals surface area contributed by atoms with Gasteiger partial charge in [0.25, 0.3) is 0 Å². The summed E-state index contributed by atoms with van der Waals surface area (Å²) in [6.45, 7) is 16.6. The molecule has 0 radical (unpaired) electrons. The lowest BCUT2D eigenvalue weighted by molar-refractivity contribution is 0.100. The van der Waals surface area contributed by atoms with E-state index < -0.39 is 0 Å². The Kier molecular flexibility index (Phi) is 5.46. The van der Waals surface area contributed by atoms with E-state index in [-0.39, 0.29) is 0 Å². The summed E-state index contributed by atoms with van der Waals surface area (Å²) in [6, 6.07) is 0. The van der Waals surface area contributed by atoms with Crippen molar-refractivity contribution in [2.45, 2.75) is 65.8 Å². The van der Waals surface area contributed by atoms with Crippen molar-refractivity contribution in [1.29, 1.82) is 0 Å². The minimum atomic E-state index is 0.418. The highest BCUT2D eigenvalue weighted by molar-refractivity contribution is 4.92. The number of nitrogens with zero attached hydrogens (tertiary/aromatic N) is 1. The summed E-state index contributed by atoms with van der Waals surface area (Å²) in [5.41, 5.74) is 0.845. The fourth-order valence-electron chi connectivity index (χ4n) is 2.78. The lowest BCUT2D eigenvalue weighted by Gasteiger charge is -2.39. The molecule has 0 aromatic rings. The summed E-state index contributed by atoms with van der Waals surface area (Å²) in [5, 5.41) is 3.60. The molecular weight excluding hydrogens is 208 g/mol. The molecule has 2 nitrogen and oxygen atoms in total. The summed E-state index contributed by atoms with van der Waals surface area (Å²) < 4.78 is 0. The molecule has 1 atom stereocenters. The second kappa shape index (κ2) is 6.19. The van der Waals surface area contributed by atoms with Crippen molar-refractivity contribution >= 4 is 0 Å². The average Bonchev–Trinajstić information content (AvgIpc) is 2.59. The van der Waals surface area contributed by atoms with Crippen molar-refractivity contribution in [3.8, 4) is 0 Å². The maximum Gasteiger partial charge on any atom is 0.0153 e. The van der Waals surface area contributed by atoms with Gasteiger partial charge in [0.05, 0.1) is 0 Å². The first-order valence-corrected chi connectivity index (χ1v) is 7.39. The van der Waals surface area contributed by atoms with Gasteiger partial charge in [-0.15, -0.1) is 0 Å². The molecule has 1 aliphatic heterocycles. The van der Waals surface area contributed by atoms with Crippen LogP contribution in [0.2, 0.25) is 0 Å². The van der Waals surface area contributed by atoms with E-state index in [0.29, 0.717) is 11.0 Å². The van der Waals surface area contributed by atoms with Crippen LogP contribution in [0.4, 0.5) is 0 Å². The lowest BCUT2D eigenvalue weighted by atomic mass is 9.85. The molecule has 0 amide bonds. The molecular formula is C15H32N2.